The predicted molar refractivity (Wildman–Crippen MR) is 72.9 cm³/mol. The average Bonchev–Trinajstić information content (AvgIpc) is 3.06. The molecule has 1 N–H and O–H groups in total. The zero-order valence-electron chi connectivity index (χ0n) is 10.8. The summed E-state index contributed by atoms with van der Waals surface area (Å²) in [5.41, 5.74) is 0.881. The number of hydrogen-bond donors (Lipinski definition) is 1. The van der Waals surface area contributed by atoms with E-state index >= 15 is 0 Å². The number of rotatable bonds is 4. The number of nitro groups is 1. The molecule has 3 rings (SSSR count). The number of aromatic amines is 1. The Kier molecular flexibility index (Phi) is 3.23. The van der Waals surface area contributed by atoms with Gasteiger partial charge < -0.3 is 9.72 Å². The van der Waals surface area contributed by atoms with Crippen molar-refractivity contribution in [1.82, 2.24) is 4.98 Å². The lowest BCUT2D eigenvalue weighted by atomic mass is 10.0. The van der Waals surface area contributed by atoms with Gasteiger partial charge in [0.05, 0.1) is 11.0 Å². The first-order chi connectivity index (χ1) is 9.66. The number of nitrogens with one attached hydrogen (secondary N) is 1. The van der Waals surface area contributed by atoms with E-state index < -0.39 is 4.92 Å². The van der Waals surface area contributed by atoms with Crippen molar-refractivity contribution in [3.05, 3.63) is 40.1 Å². The number of nitro benzene ring substituents is 1. The molecule has 1 unspecified atom stereocenters. The van der Waals surface area contributed by atoms with Gasteiger partial charge in [-0.05, 0) is 12.8 Å². The number of non-ortho nitro benzene ring substituents is 1. The van der Waals surface area contributed by atoms with Gasteiger partial charge in [-0.1, -0.05) is 12.1 Å². The van der Waals surface area contributed by atoms with Gasteiger partial charge in [-0.15, -0.1) is 0 Å². The zero-order chi connectivity index (χ0) is 14.1. The van der Waals surface area contributed by atoms with Gasteiger partial charge in [0.2, 0.25) is 0 Å². The standard InChI is InChI=1S/C14H14N2O4/c17-13(7-9-3-2-6-20-9)11-8-15-14-10(11)4-1-5-12(14)16(18)19/h1,4-5,8-9,15H,2-3,6-7H2. The number of fused-ring (bicyclic) bond motifs is 1. The van der Waals surface area contributed by atoms with Crippen LogP contribution in [0.4, 0.5) is 5.69 Å². The summed E-state index contributed by atoms with van der Waals surface area (Å²) < 4.78 is 5.46. The summed E-state index contributed by atoms with van der Waals surface area (Å²) in [5, 5.41) is 11.6. The molecule has 104 valence electrons. The molecule has 6 nitrogen and oxygen atoms in total. The fraction of sp³-hybridized carbons (Fsp3) is 0.357. The molecule has 0 amide bonds. The van der Waals surface area contributed by atoms with E-state index in [1.54, 1.807) is 18.3 Å². The Morgan fingerprint density at radius 3 is 3.05 bits per heavy atom. The normalized spacial score (nSPS) is 18.5. The molecule has 1 aromatic carbocycles. The summed E-state index contributed by atoms with van der Waals surface area (Å²) in [5.74, 6) is -0.0383. The Balaban J connectivity index is 1.93. The molecule has 0 saturated carbocycles. The van der Waals surface area contributed by atoms with E-state index in [1.165, 1.54) is 6.07 Å². The Morgan fingerprint density at radius 1 is 1.50 bits per heavy atom. The van der Waals surface area contributed by atoms with Crippen LogP contribution in [-0.4, -0.2) is 28.4 Å². The van der Waals surface area contributed by atoms with Crippen LogP contribution in [0.2, 0.25) is 0 Å². The molecule has 1 saturated heterocycles. The number of aromatic nitrogens is 1. The molecular weight excluding hydrogens is 260 g/mol. The van der Waals surface area contributed by atoms with E-state index in [1.807, 2.05) is 0 Å². The molecule has 1 aliphatic rings. The molecule has 6 heteroatoms. The first-order valence-electron chi connectivity index (χ1n) is 6.56. The van der Waals surface area contributed by atoms with Gasteiger partial charge in [-0.2, -0.15) is 0 Å². The van der Waals surface area contributed by atoms with E-state index in [0.29, 0.717) is 29.5 Å². The second kappa shape index (κ2) is 5.05. The third-order valence-corrected chi connectivity index (χ3v) is 3.63. The summed E-state index contributed by atoms with van der Waals surface area (Å²) in [6.45, 7) is 0.706. The van der Waals surface area contributed by atoms with Crippen LogP contribution in [-0.2, 0) is 4.74 Å². The molecule has 1 aromatic heterocycles. The van der Waals surface area contributed by atoms with Crippen LogP contribution in [0.3, 0.4) is 0 Å². The molecule has 1 atom stereocenters. The van der Waals surface area contributed by atoms with Crippen molar-refractivity contribution >= 4 is 22.4 Å². The quantitative estimate of drug-likeness (QED) is 0.527. The van der Waals surface area contributed by atoms with Gasteiger partial charge in [0.15, 0.2) is 5.78 Å². The summed E-state index contributed by atoms with van der Waals surface area (Å²) in [7, 11) is 0. The van der Waals surface area contributed by atoms with E-state index in [2.05, 4.69) is 4.98 Å². The SMILES string of the molecule is O=C(CC1CCCO1)c1c[nH]c2c([N+](=O)[O-])cccc12. The smallest absolute Gasteiger partial charge is 0.293 e. The number of Topliss-reactive ketones (excluding diaryl/α,β-unsaturated/α-hetero) is 1. The van der Waals surface area contributed by atoms with Crippen molar-refractivity contribution in [3.8, 4) is 0 Å². The maximum Gasteiger partial charge on any atom is 0.293 e. The number of para-hydroxylation sites is 1. The minimum absolute atomic E-state index is 0.0151. The average molecular weight is 274 g/mol. The number of carbonyl (C=O) groups excluding carboxylic acids is 1. The summed E-state index contributed by atoms with van der Waals surface area (Å²) in [4.78, 5) is 25.6. The van der Waals surface area contributed by atoms with Crippen LogP contribution in [0.5, 0.6) is 0 Å². The lowest BCUT2D eigenvalue weighted by Gasteiger charge is -2.07. The van der Waals surface area contributed by atoms with E-state index in [9.17, 15) is 14.9 Å². The van der Waals surface area contributed by atoms with E-state index in [4.69, 9.17) is 4.74 Å². The molecule has 0 aliphatic carbocycles. The van der Waals surface area contributed by atoms with Gasteiger partial charge in [0.25, 0.3) is 5.69 Å². The van der Waals surface area contributed by atoms with E-state index in [-0.39, 0.29) is 17.6 Å². The van der Waals surface area contributed by atoms with Gasteiger partial charge in [-0.25, -0.2) is 0 Å². The molecular formula is C14H14N2O4. The third-order valence-electron chi connectivity index (χ3n) is 3.63. The van der Waals surface area contributed by atoms with Crippen molar-refractivity contribution in [3.63, 3.8) is 0 Å². The summed E-state index contributed by atoms with van der Waals surface area (Å²) >= 11 is 0. The fourth-order valence-corrected chi connectivity index (χ4v) is 2.64. The highest BCUT2D eigenvalue weighted by Crippen LogP contribution is 2.28. The van der Waals surface area contributed by atoms with Crippen LogP contribution in [0.25, 0.3) is 10.9 Å². The maximum atomic E-state index is 12.3. The number of H-pyrrole nitrogens is 1. The zero-order valence-corrected chi connectivity index (χ0v) is 10.8. The molecule has 0 bridgehead atoms. The Hall–Kier alpha value is -2.21. The van der Waals surface area contributed by atoms with Gasteiger partial charge >= 0.3 is 0 Å². The molecule has 0 spiro atoms. The van der Waals surface area contributed by atoms with Gasteiger partial charge in [0, 0.05) is 36.2 Å². The Morgan fingerprint density at radius 2 is 2.35 bits per heavy atom. The van der Waals surface area contributed by atoms with Crippen molar-refractivity contribution in [2.45, 2.75) is 25.4 Å². The number of benzene rings is 1. The highest BCUT2D eigenvalue weighted by Gasteiger charge is 2.23. The predicted octanol–water partition coefficient (Wildman–Crippen LogP) is 2.83. The number of nitrogens with zero attached hydrogens (tertiary/aromatic N) is 1. The number of ketones is 1. The molecule has 0 radical (unpaired) electrons. The monoisotopic (exact) mass is 274 g/mol. The highest BCUT2D eigenvalue weighted by atomic mass is 16.6. The number of ether oxygens (including phenoxy) is 1. The second-order valence-corrected chi connectivity index (χ2v) is 4.92. The minimum Gasteiger partial charge on any atom is -0.378 e. The molecule has 1 fully saturated rings. The van der Waals surface area contributed by atoms with Crippen LogP contribution < -0.4 is 0 Å². The minimum atomic E-state index is -0.451. The van der Waals surface area contributed by atoms with Gasteiger partial charge in [0.1, 0.15) is 5.52 Å². The molecule has 20 heavy (non-hydrogen) atoms. The van der Waals surface area contributed by atoms with Crippen LogP contribution >= 0.6 is 0 Å². The summed E-state index contributed by atoms with van der Waals surface area (Å²) in [6, 6.07) is 4.74. The molecule has 2 heterocycles. The van der Waals surface area contributed by atoms with Gasteiger partial charge in [-0.3, -0.25) is 14.9 Å². The van der Waals surface area contributed by atoms with Crippen LogP contribution in [0.15, 0.2) is 24.4 Å². The number of hydrogen-bond acceptors (Lipinski definition) is 4. The fourth-order valence-electron chi connectivity index (χ4n) is 2.64. The van der Waals surface area contributed by atoms with Crippen molar-refractivity contribution in [1.29, 1.82) is 0 Å². The topological polar surface area (TPSA) is 85.2 Å². The van der Waals surface area contributed by atoms with Crippen molar-refractivity contribution < 1.29 is 14.5 Å². The largest absolute Gasteiger partial charge is 0.378 e. The lowest BCUT2D eigenvalue weighted by molar-refractivity contribution is -0.383. The third kappa shape index (κ3) is 2.18. The molecule has 1 aliphatic heterocycles. The first kappa shape index (κ1) is 12.8. The second-order valence-electron chi connectivity index (χ2n) is 4.92. The highest BCUT2D eigenvalue weighted by molar-refractivity contribution is 6.09. The Bertz CT molecular complexity index is 671. The maximum absolute atomic E-state index is 12.3. The van der Waals surface area contributed by atoms with Crippen LogP contribution in [0.1, 0.15) is 29.6 Å². The van der Waals surface area contributed by atoms with E-state index in [0.717, 1.165) is 12.8 Å². The van der Waals surface area contributed by atoms with Crippen molar-refractivity contribution in [2.24, 2.45) is 0 Å². The lowest BCUT2D eigenvalue weighted by Crippen LogP contribution is -2.12. The number of carbonyl (C=O) groups is 1. The molecule has 2 aromatic rings. The van der Waals surface area contributed by atoms with Crippen molar-refractivity contribution in [2.75, 3.05) is 6.61 Å². The summed E-state index contributed by atoms with van der Waals surface area (Å²) in [6.07, 6.45) is 3.74. The van der Waals surface area contributed by atoms with Crippen LogP contribution in [0, 0.1) is 10.1 Å². The Labute approximate surface area is 114 Å². The first-order valence-corrected chi connectivity index (χ1v) is 6.56.